The van der Waals surface area contributed by atoms with E-state index in [1.54, 1.807) is 0 Å². The Kier molecular flexibility index (Phi) is 5.62. The number of hydrogen-bond donors (Lipinski definition) is 1. The van der Waals surface area contributed by atoms with Crippen LogP contribution in [0.2, 0.25) is 0 Å². The van der Waals surface area contributed by atoms with E-state index >= 15 is 0 Å². The SMILES string of the molecule is CC(C)c1ccc(C(CN)Cc2cccc(N(C)C)c2)cc1. The molecule has 22 heavy (non-hydrogen) atoms. The summed E-state index contributed by atoms with van der Waals surface area (Å²) in [4.78, 5) is 2.14. The molecule has 0 amide bonds. The fourth-order valence-electron chi connectivity index (χ4n) is 2.74. The maximum Gasteiger partial charge on any atom is 0.0363 e. The predicted octanol–water partition coefficient (Wildman–Crippen LogP) is 4.16. The number of anilines is 1. The van der Waals surface area contributed by atoms with Gasteiger partial charge in [0.15, 0.2) is 0 Å². The molecule has 0 aliphatic heterocycles. The molecule has 1 unspecified atom stereocenters. The topological polar surface area (TPSA) is 29.3 Å². The van der Waals surface area contributed by atoms with Crippen LogP contribution >= 0.6 is 0 Å². The summed E-state index contributed by atoms with van der Waals surface area (Å²) in [5.41, 5.74) is 11.3. The third-order valence-corrected chi connectivity index (χ3v) is 4.27. The molecule has 0 saturated heterocycles. The van der Waals surface area contributed by atoms with Gasteiger partial charge in [0.25, 0.3) is 0 Å². The summed E-state index contributed by atoms with van der Waals surface area (Å²) in [6.07, 6.45) is 0.985. The molecule has 0 fully saturated rings. The van der Waals surface area contributed by atoms with E-state index in [-0.39, 0.29) is 0 Å². The van der Waals surface area contributed by atoms with E-state index in [1.165, 1.54) is 22.4 Å². The van der Waals surface area contributed by atoms with Gasteiger partial charge in [-0.3, -0.25) is 0 Å². The van der Waals surface area contributed by atoms with Crippen LogP contribution in [0.25, 0.3) is 0 Å². The molecule has 1 atom stereocenters. The molecule has 0 aromatic heterocycles. The van der Waals surface area contributed by atoms with Gasteiger partial charge < -0.3 is 10.6 Å². The van der Waals surface area contributed by atoms with Crippen LogP contribution in [-0.4, -0.2) is 20.6 Å². The maximum atomic E-state index is 6.04. The van der Waals surface area contributed by atoms with E-state index in [4.69, 9.17) is 5.73 Å². The highest BCUT2D eigenvalue weighted by molar-refractivity contribution is 5.47. The number of hydrogen-bond acceptors (Lipinski definition) is 2. The van der Waals surface area contributed by atoms with Gasteiger partial charge in [0, 0.05) is 25.7 Å². The molecule has 2 N–H and O–H groups in total. The highest BCUT2D eigenvalue weighted by Gasteiger charge is 2.12. The van der Waals surface area contributed by atoms with E-state index in [0.29, 0.717) is 18.4 Å². The third-order valence-electron chi connectivity index (χ3n) is 4.27. The predicted molar refractivity (Wildman–Crippen MR) is 96.8 cm³/mol. The van der Waals surface area contributed by atoms with Crippen molar-refractivity contribution in [2.24, 2.45) is 5.73 Å². The first-order chi connectivity index (χ1) is 10.5. The fraction of sp³-hybridized carbons (Fsp3) is 0.400. The first-order valence-electron chi connectivity index (χ1n) is 8.07. The van der Waals surface area contributed by atoms with Crippen LogP contribution in [0.3, 0.4) is 0 Å². The van der Waals surface area contributed by atoms with Gasteiger partial charge in [-0.2, -0.15) is 0 Å². The Morgan fingerprint density at radius 2 is 1.59 bits per heavy atom. The Labute approximate surface area is 135 Å². The van der Waals surface area contributed by atoms with Crippen LogP contribution in [0.4, 0.5) is 5.69 Å². The lowest BCUT2D eigenvalue weighted by Crippen LogP contribution is -2.15. The minimum absolute atomic E-state index is 0.374. The smallest absolute Gasteiger partial charge is 0.0363 e. The lowest BCUT2D eigenvalue weighted by Gasteiger charge is -2.18. The molecule has 0 aliphatic carbocycles. The van der Waals surface area contributed by atoms with Crippen LogP contribution in [-0.2, 0) is 6.42 Å². The Morgan fingerprint density at radius 3 is 2.14 bits per heavy atom. The van der Waals surface area contributed by atoms with Crippen molar-refractivity contribution in [3.8, 4) is 0 Å². The highest BCUT2D eigenvalue weighted by atomic mass is 15.1. The molecule has 0 bridgehead atoms. The maximum absolute atomic E-state index is 6.04. The molecule has 0 radical (unpaired) electrons. The molecular formula is C20H28N2. The number of nitrogens with zero attached hydrogens (tertiary/aromatic N) is 1. The number of benzene rings is 2. The summed E-state index contributed by atoms with van der Waals surface area (Å²) < 4.78 is 0. The van der Waals surface area contributed by atoms with Gasteiger partial charge in [0.05, 0.1) is 0 Å². The van der Waals surface area contributed by atoms with Crippen molar-refractivity contribution in [2.75, 3.05) is 25.5 Å². The summed E-state index contributed by atoms with van der Waals surface area (Å²) in [5, 5.41) is 0. The van der Waals surface area contributed by atoms with Gasteiger partial charge >= 0.3 is 0 Å². The summed E-state index contributed by atoms with van der Waals surface area (Å²) in [6.45, 7) is 5.12. The molecular weight excluding hydrogens is 268 g/mol. The fourth-order valence-corrected chi connectivity index (χ4v) is 2.74. The molecule has 2 heteroatoms. The first-order valence-corrected chi connectivity index (χ1v) is 8.07. The Bertz CT molecular complexity index is 585. The van der Waals surface area contributed by atoms with Gasteiger partial charge in [-0.15, -0.1) is 0 Å². The normalized spacial score (nSPS) is 12.5. The van der Waals surface area contributed by atoms with Crippen molar-refractivity contribution >= 4 is 5.69 Å². The molecule has 118 valence electrons. The van der Waals surface area contributed by atoms with Gasteiger partial charge in [-0.25, -0.2) is 0 Å². The third kappa shape index (κ3) is 4.11. The lowest BCUT2D eigenvalue weighted by atomic mass is 9.90. The minimum atomic E-state index is 0.374. The summed E-state index contributed by atoms with van der Waals surface area (Å²) in [7, 11) is 4.15. The van der Waals surface area contributed by atoms with Gasteiger partial charge in [0.2, 0.25) is 0 Å². The first kappa shape index (κ1) is 16.6. The second kappa shape index (κ2) is 7.46. The average molecular weight is 296 g/mol. The second-order valence-corrected chi connectivity index (χ2v) is 6.52. The standard InChI is InChI=1S/C20H28N2/c1-15(2)17-8-10-18(11-9-17)19(14-21)12-16-6-5-7-20(13-16)22(3)4/h5-11,13,15,19H,12,14,21H2,1-4H3. The van der Waals surface area contributed by atoms with Crippen molar-refractivity contribution in [3.05, 3.63) is 65.2 Å². The largest absolute Gasteiger partial charge is 0.378 e. The van der Waals surface area contributed by atoms with Crippen LogP contribution in [0, 0.1) is 0 Å². The van der Waals surface area contributed by atoms with E-state index in [1.807, 2.05) is 0 Å². The zero-order valence-electron chi connectivity index (χ0n) is 14.2. The van der Waals surface area contributed by atoms with Crippen molar-refractivity contribution in [1.29, 1.82) is 0 Å². The van der Waals surface area contributed by atoms with E-state index in [9.17, 15) is 0 Å². The van der Waals surface area contributed by atoms with Gasteiger partial charge in [-0.05, 0) is 47.7 Å². The van der Waals surface area contributed by atoms with Crippen molar-refractivity contribution in [2.45, 2.75) is 32.1 Å². The van der Waals surface area contributed by atoms with Crippen LogP contribution < -0.4 is 10.6 Å². The molecule has 2 aromatic carbocycles. The average Bonchev–Trinajstić information content (AvgIpc) is 2.53. The van der Waals surface area contributed by atoms with Crippen molar-refractivity contribution in [3.63, 3.8) is 0 Å². The molecule has 0 spiro atoms. The second-order valence-electron chi connectivity index (χ2n) is 6.52. The minimum Gasteiger partial charge on any atom is -0.378 e. The van der Waals surface area contributed by atoms with Gasteiger partial charge in [-0.1, -0.05) is 50.2 Å². The van der Waals surface area contributed by atoms with Crippen LogP contribution in [0.5, 0.6) is 0 Å². The zero-order chi connectivity index (χ0) is 16.1. The highest BCUT2D eigenvalue weighted by Crippen LogP contribution is 2.24. The van der Waals surface area contributed by atoms with E-state index in [2.05, 4.69) is 81.4 Å². The molecule has 0 aliphatic rings. The van der Waals surface area contributed by atoms with Crippen LogP contribution in [0.1, 0.15) is 42.4 Å². The van der Waals surface area contributed by atoms with Crippen molar-refractivity contribution in [1.82, 2.24) is 0 Å². The molecule has 0 saturated carbocycles. The van der Waals surface area contributed by atoms with Crippen LogP contribution in [0.15, 0.2) is 48.5 Å². The van der Waals surface area contributed by atoms with Gasteiger partial charge in [0.1, 0.15) is 0 Å². The monoisotopic (exact) mass is 296 g/mol. The summed E-state index contributed by atoms with van der Waals surface area (Å²) >= 11 is 0. The van der Waals surface area contributed by atoms with E-state index < -0.39 is 0 Å². The molecule has 0 heterocycles. The van der Waals surface area contributed by atoms with Crippen molar-refractivity contribution < 1.29 is 0 Å². The quantitative estimate of drug-likeness (QED) is 0.867. The summed E-state index contributed by atoms with van der Waals surface area (Å²) in [6, 6.07) is 17.7. The molecule has 2 nitrogen and oxygen atoms in total. The number of rotatable bonds is 6. The summed E-state index contributed by atoms with van der Waals surface area (Å²) in [5.74, 6) is 0.945. The number of nitrogens with two attached hydrogens (primary N) is 1. The Balaban J connectivity index is 2.16. The Hall–Kier alpha value is -1.80. The zero-order valence-corrected chi connectivity index (χ0v) is 14.2. The lowest BCUT2D eigenvalue weighted by molar-refractivity contribution is 0.693. The molecule has 2 rings (SSSR count). The molecule has 2 aromatic rings. The Morgan fingerprint density at radius 1 is 0.955 bits per heavy atom. The van der Waals surface area contributed by atoms with E-state index in [0.717, 1.165) is 6.42 Å².